The summed E-state index contributed by atoms with van der Waals surface area (Å²) in [5, 5.41) is 13.0. The summed E-state index contributed by atoms with van der Waals surface area (Å²) < 4.78 is 14.6. The molecule has 36 heavy (non-hydrogen) atoms. The van der Waals surface area contributed by atoms with E-state index in [0.29, 0.717) is 35.3 Å². The van der Waals surface area contributed by atoms with Crippen LogP contribution in [0.3, 0.4) is 0 Å². The van der Waals surface area contributed by atoms with E-state index in [2.05, 4.69) is 9.69 Å². The molecule has 0 aliphatic heterocycles. The fraction of sp³-hybridized carbons (Fsp3) is 0.333. The quantitative estimate of drug-likeness (QED) is 0.301. The maximum Gasteiger partial charge on any atom is 0.270 e. The molecule has 0 saturated carbocycles. The first-order valence-electron chi connectivity index (χ1n) is 11.2. The Hall–Kier alpha value is -4.06. The number of ether oxygens (including phenoxy) is 1. The Morgan fingerprint density at radius 3 is 2.61 bits per heavy atom. The number of nitrogens with zero attached hydrogens (tertiary/aromatic N) is 2. The fourth-order valence-corrected chi connectivity index (χ4v) is 4.29. The Balaban J connectivity index is 2.11. The maximum atomic E-state index is 13.8. The van der Waals surface area contributed by atoms with Crippen molar-refractivity contribution in [2.45, 2.75) is 32.9 Å². The summed E-state index contributed by atoms with van der Waals surface area (Å²) in [6, 6.07) is 6.54. The number of nitrogens with one attached hydrogen (secondary N) is 1. The minimum absolute atomic E-state index is 0.0407. The number of hydrogen-bond acceptors (Lipinski definition) is 9. The van der Waals surface area contributed by atoms with E-state index in [-0.39, 0.29) is 34.3 Å². The van der Waals surface area contributed by atoms with Gasteiger partial charge in [-0.15, -0.1) is 0 Å². The molecule has 0 aliphatic rings. The molecule has 3 rings (SSSR count). The van der Waals surface area contributed by atoms with Gasteiger partial charge in [-0.25, -0.2) is 0 Å². The molecule has 0 spiro atoms. The zero-order valence-electron chi connectivity index (χ0n) is 20.2. The average Bonchev–Trinajstić information content (AvgIpc) is 3.48. The van der Waals surface area contributed by atoms with Crippen LogP contribution in [0.15, 0.2) is 41.0 Å². The third kappa shape index (κ3) is 5.95. The Kier molecular flexibility index (Phi) is 8.54. The lowest BCUT2D eigenvalue weighted by Gasteiger charge is -2.31. The number of furan rings is 1. The number of carbonyl (C=O) groups is 3. The summed E-state index contributed by atoms with van der Waals surface area (Å²) in [5.41, 5.74) is 11.4. The summed E-state index contributed by atoms with van der Waals surface area (Å²) in [5.74, 6) is -1.21. The Bertz CT molecular complexity index is 1220. The highest BCUT2D eigenvalue weighted by Crippen LogP contribution is 2.34. The number of aromatic nitrogens is 1. The van der Waals surface area contributed by atoms with Crippen molar-refractivity contribution in [3.05, 3.63) is 58.5 Å². The predicted molar refractivity (Wildman–Crippen MR) is 133 cm³/mol. The SMILES string of the molecule is COc1cc([C@H](C(=O)NCCC(C)C)N(Cc2ccco2)C(=O)c2snc(C(N)=O)c2N)ccc1O. The minimum atomic E-state index is -1.16. The van der Waals surface area contributed by atoms with Crippen molar-refractivity contribution in [2.75, 3.05) is 19.4 Å². The minimum Gasteiger partial charge on any atom is -0.504 e. The van der Waals surface area contributed by atoms with Crippen molar-refractivity contribution in [3.63, 3.8) is 0 Å². The molecule has 0 radical (unpaired) electrons. The Labute approximate surface area is 212 Å². The van der Waals surface area contributed by atoms with Gasteiger partial charge in [-0.05, 0) is 53.7 Å². The van der Waals surface area contributed by atoms with E-state index in [1.807, 2.05) is 13.8 Å². The highest BCUT2D eigenvalue weighted by molar-refractivity contribution is 7.09. The first-order chi connectivity index (χ1) is 17.1. The smallest absolute Gasteiger partial charge is 0.270 e. The third-order valence-electron chi connectivity index (χ3n) is 5.42. The summed E-state index contributed by atoms with van der Waals surface area (Å²) in [7, 11) is 1.38. The molecule has 0 fully saturated rings. The summed E-state index contributed by atoms with van der Waals surface area (Å²) in [6.07, 6.45) is 2.18. The first kappa shape index (κ1) is 26.5. The second-order valence-electron chi connectivity index (χ2n) is 8.46. The number of amides is 3. The van der Waals surface area contributed by atoms with Gasteiger partial charge in [-0.2, -0.15) is 4.37 Å². The number of primary amides is 1. The molecule has 12 heteroatoms. The molecule has 2 aromatic heterocycles. The van der Waals surface area contributed by atoms with Crippen molar-refractivity contribution in [2.24, 2.45) is 11.7 Å². The molecule has 192 valence electrons. The van der Waals surface area contributed by atoms with E-state index in [0.717, 1.165) is 6.42 Å². The van der Waals surface area contributed by atoms with Crippen LogP contribution in [-0.4, -0.2) is 45.8 Å². The van der Waals surface area contributed by atoms with Crippen LogP contribution in [0.2, 0.25) is 0 Å². The van der Waals surface area contributed by atoms with Gasteiger partial charge in [0.2, 0.25) is 5.91 Å². The van der Waals surface area contributed by atoms with Crippen LogP contribution in [0.1, 0.15) is 57.8 Å². The molecule has 1 aromatic carbocycles. The molecule has 0 bridgehead atoms. The molecule has 2 heterocycles. The van der Waals surface area contributed by atoms with Crippen molar-refractivity contribution in [1.82, 2.24) is 14.6 Å². The molecule has 6 N–H and O–H groups in total. The number of methoxy groups -OCH3 is 1. The van der Waals surface area contributed by atoms with Crippen molar-refractivity contribution >= 4 is 34.9 Å². The normalized spacial score (nSPS) is 11.8. The van der Waals surface area contributed by atoms with Crippen molar-refractivity contribution in [1.29, 1.82) is 0 Å². The van der Waals surface area contributed by atoms with E-state index in [9.17, 15) is 19.5 Å². The number of hydrogen-bond donors (Lipinski definition) is 4. The van der Waals surface area contributed by atoms with Crippen LogP contribution in [0.4, 0.5) is 5.69 Å². The van der Waals surface area contributed by atoms with Gasteiger partial charge >= 0.3 is 0 Å². The number of phenols is 1. The number of phenolic OH excluding ortho intramolecular Hbond substituents is 1. The van der Waals surface area contributed by atoms with Crippen LogP contribution < -0.4 is 21.5 Å². The molecule has 0 saturated heterocycles. The largest absolute Gasteiger partial charge is 0.504 e. The molecule has 11 nitrogen and oxygen atoms in total. The zero-order chi connectivity index (χ0) is 26.4. The topological polar surface area (TPSA) is 174 Å². The van der Waals surface area contributed by atoms with Crippen LogP contribution in [0.5, 0.6) is 11.5 Å². The molecular weight excluding hydrogens is 486 g/mol. The molecular formula is C24H29N5O6S. The summed E-state index contributed by atoms with van der Waals surface area (Å²) in [6.45, 7) is 4.36. The van der Waals surface area contributed by atoms with E-state index in [1.165, 1.54) is 36.5 Å². The second-order valence-corrected chi connectivity index (χ2v) is 9.23. The van der Waals surface area contributed by atoms with Gasteiger partial charge in [-0.1, -0.05) is 19.9 Å². The molecule has 1 atom stereocenters. The monoisotopic (exact) mass is 515 g/mol. The van der Waals surface area contributed by atoms with Gasteiger partial charge in [-0.3, -0.25) is 14.4 Å². The Morgan fingerprint density at radius 1 is 1.28 bits per heavy atom. The highest BCUT2D eigenvalue weighted by atomic mass is 32.1. The third-order valence-corrected chi connectivity index (χ3v) is 6.27. The zero-order valence-corrected chi connectivity index (χ0v) is 21.0. The van der Waals surface area contributed by atoms with E-state index in [1.54, 1.807) is 12.1 Å². The highest BCUT2D eigenvalue weighted by Gasteiger charge is 2.35. The molecule has 3 amide bonds. The van der Waals surface area contributed by atoms with Gasteiger partial charge < -0.3 is 35.9 Å². The molecule has 0 aliphatic carbocycles. The van der Waals surface area contributed by atoms with Crippen LogP contribution in [0.25, 0.3) is 0 Å². The lowest BCUT2D eigenvalue weighted by molar-refractivity contribution is -0.126. The number of nitrogens with two attached hydrogens (primary N) is 2. The van der Waals surface area contributed by atoms with Gasteiger partial charge in [0.15, 0.2) is 17.2 Å². The maximum absolute atomic E-state index is 13.8. The van der Waals surface area contributed by atoms with Gasteiger partial charge in [0.25, 0.3) is 11.8 Å². The van der Waals surface area contributed by atoms with Gasteiger partial charge in [0, 0.05) is 6.54 Å². The standard InChI is InChI=1S/C24H29N5O6S/c1-13(2)8-9-27-23(32)20(14-6-7-16(30)17(11-14)34-3)29(12-15-5-4-10-35-15)24(33)21-18(25)19(22(26)31)28-36-21/h4-7,10-11,13,20,30H,8-9,12,25H2,1-3H3,(H2,26,31)(H,27,32)/t20-/m1/s1. The number of anilines is 1. The van der Waals surface area contributed by atoms with Gasteiger partial charge in [0.05, 0.1) is 25.6 Å². The summed E-state index contributed by atoms with van der Waals surface area (Å²) in [4.78, 5) is 40.3. The number of nitrogen functional groups attached to an aromatic ring is 1. The van der Waals surface area contributed by atoms with E-state index < -0.39 is 23.8 Å². The first-order valence-corrected chi connectivity index (χ1v) is 11.9. The van der Waals surface area contributed by atoms with Crippen LogP contribution in [-0.2, 0) is 11.3 Å². The van der Waals surface area contributed by atoms with Crippen molar-refractivity contribution in [3.8, 4) is 11.5 Å². The fourth-order valence-electron chi connectivity index (χ4n) is 3.53. The van der Waals surface area contributed by atoms with Crippen LogP contribution >= 0.6 is 11.5 Å². The molecule has 0 unspecified atom stereocenters. The summed E-state index contributed by atoms with van der Waals surface area (Å²) >= 11 is 0.716. The average molecular weight is 516 g/mol. The van der Waals surface area contributed by atoms with E-state index >= 15 is 0 Å². The van der Waals surface area contributed by atoms with Crippen molar-refractivity contribution < 1.29 is 28.6 Å². The second kappa shape index (κ2) is 11.6. The number of carbonyl (C=O) groups excluding carboxylic acids is 3. The number of benzene rings is 1. The van der Waals surface area contributed by atoms with Gasteiger partial charge in [0.1, 0.15) is 16.7 Å². The lowest BCUT2D eigenvalue weighted by Crippen LogP contribution is -2.43. The van der Waals surface area contributed by atoms with E-state index in [4.69, 9.17) is 20.6 Å². The predicted octanol–water partition coefficient (Wildman–Crippen LogP) is 2.68. The van der Waals surface area contributed by atoms with Crippen LogP contribution in [0, 0.1) is 5.92 Å². The number of rotatable bonds is 11. The molecule has 3 aromatic rings. The number of aromatic hydroxyl groups is 1. The Morgan fingerprint density at radius 2 is 2.03 bits per heavy atom. The lowest BCUT2D eigenvalue weighted by atomic mass is 10.0.